The molecule has 0 aliphatic rings. The number of nitriles is 1. The molecular formula is C25H20BrIN2O2. The fourth-order valence-corrected chi connectivity index (χ4v) is 3.62. The third-order valence-corrected chi connectivity index (χ3v) is 6.01. The Morgan fingerprint density at radius 1 is 1.16 bits per heavy atom. The molecule has 1 N–H and O–H groups in total. The van der Waals surface area contributed by atoms with Gasteiger partial charge in [-0.25, -0.2) is 0 Å². The highest BCUT2D eigenvalue weighted by molar-refractivity contribution is 14.1. The zero-order valence-electron chi connectivity index (χ0n) is 17.1. The van der Waals surface area contributed by atoms with Crippen LogP contribution in [0.25, 0.3) is 6.08 Å². The van der Waals surface area contributed by atoms with Crippen molar-refractivity contribution in [1.82, 2.24) is 0 Å². The van der Waals surface area contributed by atoms with Crippen LogP contribution in [0.2, 0.25) is 0 Å². The number of ether oxygens (including phenoxy) is 1. The smallest absolute Gasteiger partial charge is 0.266 e. The summed E-state index contributed by atoms with van der Waals surface area (Å²) in [7, 11) is 0. The van der Waals surface area contributed by atoms with Crippen molar-refractivity contribution in [3.63, 3.8) is 0 Å². The predicted molar refractivity (Wildman–Crippen MR) is 136 cm³/mol. The Balaban J connectivity index is 1.84. The second kappa shape index (κ2) is 10.6. The van der Waals surface area contributed by atoms with E-state index in [1.54, 1.807) is 6.08 Å². The maximum absolute atomic E-state index is 12.8. The molecule has 0 atom stereocenters. The lowest BCUT2D eigenvalue weighted by atomic mass is 10.1. The van der Waals surface area contributed by atoms with Gasteiger partial charge in [0.1, 0.15) is 24.0 Å². The molecule has 1 amide bonds. The van der Waals surface area contributed by atoms with Crippen molar-refractivity contribution in [3.05, 3.63) is 96.5 Å². The topological polar surface area (TPSA) is 62.1 Å². The standard InChI is InChI=1S/C25H20BrIN2O2/c1-16-4-3-5-23(17(16)2)29-25(30)20(14-28)12-19-13-21(26)8-11-24(19)31-15-18-6-9-22(27)10-7-18/h3-13H,15H2,1-2H3,(H,29,30)/b20-12+. The number of hydrogen-bond donors (Lipinski definition) is 1. The summed E-state index contributed by atoms with van der Waals surface area (Å²) in [5.41, 5.74) is 4.41. The van der Waals surface area contributed by atoms with E-state index < -0.39 is 5.91 Å². The summed E-state index contributed by atoms with van der Waals surface area (Å²) in [5.74, 6) is 0.133. The van der Waals surface area contributed by atoms with Crippen LogP contribution in [-0.2, 0) is 11.4 Å². The first kappa shape index (κ1) is 23.0. The first-order valence-electron chi connectivity index (χ1n) is 9.53. The molecule has 4 nitrogen and oxygen atoms in total. The number of nitrogens with one attached hydrogen (secondary N) is 1. The van der Waals surface area contributed by atoms with Gasteiger partial charge in [-0.1, -0.05) is 40.2 Å². The fraction of sp³-hybridized carbons (Fsp3) is 0.120. The lowest BCUT2D eigenvalue weighted by molar-refractivity contribution is -0.112. The maximum Gasteiger partial charge on any atom is 0.266 e. The number of nitrogens with zero attached hydrogens (tertiary/aromatic N) is 1. The van der Waals surface area contributed by atoms with Crippen LogP contribution in [0.1, 0.15) is 22.3 Å². The zero-order chi connectivity index (χ0) is 22.4. The lowest BCUT2D eigenvalue weighted by Crippen LogP contribution is -2.14. The summed E-state index contributed by atoms with van der Waals surface area (Å²) in [4.78, 5) is 12.8. The Morgan fingerprint density at radius 3 is 2.61 bits per heavy atom. The number of rotatable bonds is 6. The first-order valence-corrected chi connectivity index (χ1v) is 11.4. The number of benzene rings is 3. The van der Waals surface area contributed by atoms with Gasteiger partial charge in [-0.3, -0.25) is 4.79 Å². The Labute approximate surface area is 204 Å². The molecule has 3 aromatic rings. The van der Waals surface area contributed by atoms with Crippen molar-refractivity contribution in [3.8, 4) is 11.8 Å². The molecule has 156 valence electrons. The Bertz CT molecular complexity index is 1180. The van der Waals surface area contributed by atoms with E-state index in [2.05, 4.69) is 43.8 Å². The molecule has 0 bridgehead atoms. The third kappa shape index (κ3) is 6.18. The quantitative estimate of drug-likeness (QED) is 0.196. The number of aryl methyl sites for hydroxylation is 1. The van der Waals surface area contributed by atoms with Crippen LogP contribution in [0.5, 0.6) is 5.75 Å². The minimum absolute atomic E-state index is 0.00174. The number of amides is 1. The highest BCUT2D eigenvalue weighted by Crippen LogP contribution is 2.27. The van der Waals surface area contributed by atoms with E-state index in [4.69, 9.17) is 4.74 Å². The Morgan fingerprint density at radius 2 is 1.90 bits per heavy atom. The molecule has 3 rings (SSSR count). The van der Waals surface area contributed by atoms with Gasteiger partial charge in [-0.2, -0.15) is 5.26 Å². The number of halogens is 2. The van der Waals surface area contributed by atoms with Crippen LogP contribution < -0.4 is 10.1 Å². The molecule has 0 radical (unpaired) electrons. The van der Waals surface area contributed by atoms with Crippen molar-refractivity contribution >= 4 is 56.2 Å². The number of carbonyl (C=O) groups is 1. The summed E-state index contributed by atoms with van der Waals surface area (Å²) >= 11 is 5.71. The Hall–Kier alpha value is -2.63. The van der Waals surface area contributed by atoms with Gasteiger partial charge in [-0.15, -0.1) is 0 Å². The van der Waals surface area contributed by atoms with Gasteiger partial charge in [0.05, 0.1) is 0 Å². The second-order valence-electron chi connectivity index (χ2n) is 6.97. The van der Waals surface area contributed by atoms with Crippen LogP contribution in [0.3, 0.4) is 0 Å². The van der Waals surface area contributed by atoms with Crippen molar-refractivity contribution in [1.29, 1.82) is 5.26 Å². The zero-order valence-corrected chi connectivity index (χ0v) is 20.8. The van der Waals surface area contributed by atoms with E-state index in [0.29, 0.717) is 23.6 Å². The summed E-state index contributed by atoms with van der Waals surface area (Å²) in [6, 6.07) is 21.2. The molecule has 3 aromatic carbocycles. The van der Waals surface area contributed by atoms with Crippen LogP contribution in [-0.4, -0.2) is 5.91 Å². The lowest BCUT2D eigenvalue weighted by Gasteiger charge is -2.12. The number of carbonyl (C=O) groups excluding carboxylic acids is 1. The fourth-order valence-electron chi connectivity index (χ4n) is 2.89. The van der Waals surface area contributed by atoms with Gasteiger partial charge in [0.25, 0.3) is 5.91 Å². The molecule has 0 unspecified atom stereocenters. The van der Waals surface area contributed by atoms with Crippen molar-refractivity contribution in [2.24, 2.45) is 0 Å². The van der Waals surface area contributed by atoms with E-state index in [1.807, 2.05) is 80.6 Å². The first-order chi connectivity index (χ1) is 14.9. The van der Waals surface area contributed by atoms with E-state index >= 15 is 0 Å². The van der Waals surface area contributed by atoms with Crippen LogP contribution in [0, 0.1) is 28.7 Å². The molecule has 31 heavy (non-hydrogen) atoms. The minimum Gasteiger partial charge on any atom is -0.488 e. The van der Waals surface area contributed by atoms with Crippen LogP contribution in [0.4, 0.5) is 5.69 Å². The minimum atomic E-state index is -0.459. The largest absolute Gasteiger partial charge is 0.488 e. The molecule has 0 spiro atoms. The Kier molecular flexibility index (Phi) is 7.88. The van der Waals surface area contributed by atoms with Crippen molar-refractivity contribution in [2.75, 3.05) is 5.32 Å². The molecule has 0 saturated carbocycles. The van der Waals surface area contributed by atoms with Crippen LogP contribution in [0.15, 0.2) is 70.7 Å². The van der Waals surface area contributed by atoms with Crippen molar-refractivity contribution < 1.29 is 9.53 Å². The molecule has 0 fully saturated rings. The van der Waals surface area contributed by atoms with E-state index in [-0.39, 0.29) is 5.57 Å². The molecule has 0 saturated heterocycles. The van der Waals surface area contributed by atoms with Gasteiger partial charge < -0.3 is 10.1 Å². The molecule has 6 heteroatoms. The van der Waals surface area contributed by atoms with Gasteiger partial charge in [0, 0.05) is 19.3 Å². The molecule has 0 aromatic heterocycles. The second-order valence-corrected chi connectivity index (χ2v) is 9.13. The third-order valence-electron chi connectivity index (χ3n) is 4.80. The monoisotopic (exact) mass is 586 g/mol. The van der Waals surface area contributed by atoms with Crippen LogP contribution >= 0.6 is 38.5 Å². The number of anilines is 1. The van der Waals surface area contributed by atoms with Gasteiger partial charge in [0.2, 0.25) is 0 Å². The summed E-state index contributed by atoms with van der Waals surface area (Å²) in [6.45, 7) is 4.30. The predicted octanol–water partition coefficient (Wildman–Crippen LogP) is 6.80. The molecular weight excluding hydrogens is 567 g/mol. The molecule has 0 aliphatic heterocycles. The van der Waals surface area contributed by atoms with E-state index in [0.717, 1.165) is 24.7 Å². The summed E-state index contributed by atoms with van der Waals surface area (Å²) in [6.07, 6.45) is 1.55. The average molecular weight is 587 g/mol. The highest BCUT2D eigenvalue weighted by Gasteiger charge is 2.13. The normalized spacial score (nSPS) is 11.0. The summed E-state index contributed by atoms with van der Waals surface area (Å²) in [5, 5.41) is 12.5. The van der Waals surface area contributed by atoms with Gasteiger partial charge in [-0.05, 0) is 95.6 Å². The van der Waals surface area contributed by atoms with E-state index in [1.165, 1.54) is 0 Å². The number of hydrogen-bond acceptors (Lipinski definition) is 3. The average Bonchev–Trinajstić information content (AvgIpc) is 2.75. The van der Waals surface area contributed by atoms with Gasteiger partial charge in [0.15, 0.2) is 0 Å². The molecule has 0 aliphatic carbocycles. The van der Waals surface area contributed by atoms with E-state index in [9.17, 15) is 10.1 Å². The molecule has 0 heterocycles. The van der Waals surface area contributed by atoms with Crippen molar-refractivity contribution in [2.45, 2.75) is 20.5 Å². The highest BCUT2D eigenvalue weighted by atomic mass is 127. The summed E-state index contributed by atoms with van der Waals surface area (Å²) < 4.78 is 7.97. The SMILES string of the molecule is Cc1cccc(NC(=O)/C(C#N)=C/c2cc(Br)ccc2OCc2ccc(I)cc2)c1C. The van der Waals surface area contributed by atoms with Gasteiger partial charge >= 0.3 is 0 Å². The maximum atomic E-state index is 12.8.